The van der Waals surface area contributed by atoms with E-state index in [-0.39, 0.29) is 6.10 Å². The molecule has 1 aliphatic heterocycles. The zero-order chi connectivity index (χ0) is 14.2. The number of aromatic nitrogens is 2. The van der Waals surface area contributed by atoms with Crippen molar-refractivity contribution in [2.45, 2.75) is 18.4 Å². The van der Waals surface area contributed by atoms with Gasteiger partial charge in [0, 0.05) is 23.0 Å². The second-order valence-corrected chi connectivity index (χ2v) is 5.51. The molecular formula is C14H13Cl2N2O2. The Kier molecular flexibility index (Phi) is 3.73. The van der Waals surface area contributed by atoms with E-state index in [1.807, 2.05) is 16.8 Å². The lowest BCUT2D eigenvalue weighted by Gasteiger charge is -2.29. The number of nitrogens with zero attached hydrogens (tertiary/aromatic N) is 2. The van der Waals surface area contributed by atoms with Crippen LogP contribution in [0.2, 0.25) is 10.0 Å². The van der Waals surface area contributed by atoms with Crippen molar-refractivity contribution in [3.63, 3.8) is 0 Å². The van der Waals surface area contributed by atoms with E-state index in [0.717, 1.165) is 5.56 Å². The van der Waals surface area contributed by atoms with Gasteiger partial charge in [0.15, 0.2) is 0 Å². The van der Waals surface area contributed by atoms with E-state index in [0.29, 0.717) is 23.2 Å². The Hall–Kier alpha value is -1.07. The Morgan fingerprint density at radius 2 is 2.30 bits per heavy atom. The highest BCUT2D eigenvalue weighted by Gasteiger charge is 2.43. The van der Waals surface area contributed by atoms with Crippen molar-refractivity contribution in [3.05, 3.63) is 59.5 Å². The molecule has 1 aromatic heterocycles. The first-order valence-electron chi connectivity index (χ1n) is 6.15. The summed E-state index contributed by atoms with van der Waals surface area (Å²) in [6.45, 7) is 4.75. The Morgan fingerprint density at radius 3 is 2.90 bits per heavy atom. The predicted molar refractivity (Wildman–Crippen MR) is 76.5 cm³/mol. The van der Waals surface area contributed by atoms with Crippen LogP contribution < -0.4 is 0 Å². The highest BCUT2D eigenvalue weighted by molar-refractivity contribution is 6.35. The van der Waals surface area contributed by atoms with Crippen molar-refractivity contribution in [1.29, 1.82) is 0 Å². The summed E-state index contributed by atoms with van der Waals surface area (Å²) in [5.41, 5.74) is 0.739. The summed E-state index contributed by atoms with van der Waals surface area (Å²) in [5, 5.41) is 1.08. The SMILES string of the molecule is [CH2][C@@H]1CO[C@@](Cn2ccnc2)(c2ccc(Cl)cc2Cl)O1. The maximum Gasteiger partial charge on any atom is 0.215 e. The fourth-order valence-corrected chi connectivity index (χ4v) is 2.85. The summed E-state index contributed by atoms with van der Waals surface area (Å²) in [6, 6.07) is 5.26. The van der Waals surface area contributed by atoms with Crippen LogP contribution in [0.15, 0.2) is 36.9 Å². The fourth-order valence-electron chi connectivity index (χ4n) is 2.29. The van der Waals surface area contributed by atoms with Gasteiger partial charge in [-0.1, -0.05) is 29.3 Å². The highest BCUT2D eigenvalue weighted by Crippen LogP contribution is 2.40. The first kappa shape index (κ1) is 13.9. The molecule has 1 aromatic carbocycles. The van der Waals surface area contributed by atoms with E-state index in [1.165, 1.54) is 0 Å². The highest BCUT2D eigenvalue weighted by atomic mass is 35.5. The molecule has 6 heteroatoms. The van der Waals surface area contributed by atoms with E-state index in [2.05, 4.69) is 11.9 Å². The topological polar surface area (TPSA) is 36.3 Å². The Morgan fingerprint density at radius 1 is 1.45 bits per heavy atom. The average molecular weight is 312 g/mol. The molecule has 1 radical (unpaired) electrons. The minimum absolute atomic E-state index is 0.245. The third-order valence-corrected chi connectivity index (χ3v) is 3.70. The molecule has 1 aliphatic rings. The third-order valence-electron chi connectivity index (χ3n) is 3.15. The monoisotopic (exact) mass is 311 g/mol. The van der Waals surface area contributed by atoms with Crippen LogP contribution in [-0.2, 0) is 21.8 Å². The van der Waals surface area contributed by atoms with Crippen LogP contribution in [0, 0.1) is 6.92 Å². The number of ether oxygens (including phenoxy) is 2. The molecule has 0 N–H and O–H groups in total. The van der Waals surface area contributed by atoms with Crippen LogP contribution >= 0.6 is 23.2 Å². The van der Waals surface area contributed by atoms with Gasteiger partial charge in [0.2, 0.25) is 5.79 Å². The molecule has 3 rings (SSSR count). The minimum Gasteiger partial charge on any atom is -0.342 e. The van der Waals surface area contributed by atoms with Crippen LogP contribution in [0.1, 0.15) is 5.56 Å². The van der Waals surface area contributed by atoms with Crippen molar-refractivity contribution in [2.24, 2.45) is 0 Å². The Bertz CT molecular complexity index is 603. The maximum atomic E-state index is 6.30. The number of halogens is 2. The van der Waals surface area contributed by atoms with Gasteiger partial charge in [-0.25, -0.2) is 4.98 Å². The Labute approximate surface area is 127 Å². The van der Waals surface area contributed by atoms with E-state index >= 15 is 0 Å². The van der Waals surface area contributed by atoms with Crippen LogP contribution in [-0.4, -0.2) is 22.3 Å². The zero-order valence-corrected chi connectivity index (χ0v) is 12.1. The van der Waals surface area contributed by atoms with Crippen LogP contribution in [0.4, 0.5) is 0 Å². The van der Waals surface area contributed by atoms with Gasteiger partial charge >= 0.3 is 0 Å². The molecule has 4 nitrogen and oxygen atoms in total. The second-order valence-electron chi connectivity index (χ2n) is 4.66. The number of hydrogen-bond acceptors (Lipinski definition) is 3. The molecule has 2 atom stereocenters. The molecule has 0 bridgehead atoms. The quantitative estimate of drug-likeness (QED) is 0.872. The van der Waals surface area contributed by atoms with Crippen LogP contribution in [0.3, 0.4) is 0 Å². The lowest BCUT2D eigenvalue weighted by molar-refractivity contribution is -0.182. The molecule has 20 heavy (non-hydrogen) atoms. The van der Waals surface area contributed by atoms with Gasteiger partial charge < -0.3 is 14.0 Å². The molecule has 0 aliphatic carbocycles. The molecule has 1 fully saturated rings. The largest absolute Gasteiger partial charge is 0.342 e. The third kappa shape index (κ3) is 2.56. The zero-order valence-electron chi connectivity index (χ0n) is 10.6. The number of rotatable bonds is 3. The van der Waals surface area contributed by atoms with E-state index in [4.69, 9.17) is 32.7 Å². The van der Waals surface area contributed by atoms with Gasteiger partial charge in [-0.3, -0.25) is 0 Å². The molecule has 0 amide bonds. The summed E-state index contributed by atoms with van der Waals surface area (Å²) in [5.74, 6) is -0.964. The smallest absolute Gasteiger partial charge is 0.215 e. The first-order chi connectivity index (χ1) is 9.59. The Balaban J connectivity index is 2.01. The summed E-state index contributed by atoms with van der Waals surface area (Å²) in [7, 11) is 0. The lowest BCUT2D eigenvalue weighted by atomic mass is 10.1. The van der Waals surface area contributed by atoms with Crippen molar-refractivity contribution in [2.75, 3.05) is 6.61 Å². The van der Waals surface area contributed by atoms with Crippen molar-refractivity contribution >= 4 is 23.2 Å². The molecule has 0 unspecified atom stereocenters. The molecule has 2 heterocycles. The summed E-state index contributed by atoms with van der Waals surface area (Å²) >= 11 is 12.2. The maximum absolute atomic E-state index is 6.30. The minimum atomic E-state index is -0.964. The number of hydrogen-bond donors (Lipinski definition) is 0. The van der Waals surface area contributed by atoms with E-state index in [1.54, 1.807) is 24.7 Å². The van der Waals surface area contributed by atoms with Crippen molar-refractivity contribution < 1.29 is 9.47 Å². The van der Waals surface area contributed by atoms with Gasteiger partial charge in [0.25, 0.3) is 0 Å². The van der Waals surface area contributed by atoms with Gasteiger partial charge in [-0.15, -0.1) is 0 Å². The summed E-state index contributed by atoms with van der Waals surface area (Å²) < 4.78 is 13.7. The van der Waals surface area contributed by atoms with Gasteiger partial charge in [-0.2, -0.15) is 0 Å². The average Bonchev–Trinajstić information content (AvgIpc) is 3.00. The molecule has 1 saturated heterocycles. The molecular weight excluding hydrogens is 299 g/mol. The molecule has 0 saturated carbocycles. The second kappa shape index (κ2) is 5.37. The number of benzene rings is 1. The standard InChI is InChI=1S/C14H13Cl2N2O2/c1-10-7-19-14(20-10,8-18-5-4-17-9-18)12-3-2-11(15)6-13(12)16/h2-6,9-10H,1,7-8H2/t10-,14-/m1/s1. The summed E-state index contributed by atoms with van der Waals surface area (Å²) in [6.07, 6.45) is 5.00. The van der Waals surface area contributed by atoms with Gasteiger partial charge in [0.05, 0.1) is 30.6 Å². The predicted octanol–water partition coefficient (Wildman–Crippen LogP) is 3.29. The molecule has 0 spiro atoms. The normalized spacial score (nSPS) is 26.1. The molecule has 2 aromatic rings. The van der Waals surface area contributed by atoms with E-state index in [9.17, 15) is 0 Å². The number of imidazole rings is 1. The fraction of sp³-hybridized carbons (Fsp3) is 0.286. The van der Waals surface area contributed by atoms with Gasteiger partial charge in [0.1, 0.15) is 0 Å². The summed E-state index contributed by atoms with van der Waals surface area (Å²) in [4.78, 5) is 4.03. The van der Waals surface area contributed by atoms with Crippen molar-refractivity contribution in [1.82, 2.24) is 9.55 Å². The van der Waals surface area contributed by atoms with E-state index < -0.39 is 5.79 Å². The first-order valence-corrected chi connectivity index (χ1v) is 6.91. The lowest BCUT2D eigenvalue weighted by Crippen LogP contribution is -2.33. The van der Waals surface area contributed by atoms with Crippen LogP contribution in [0.5, 0.6) is 0 Å². The van der Waals surface area contributed by atoms with Crippen LogP contribution in [0.25, 0.3) is 0 Å². The van der Waals surface area contributed by atoms with Gasteiger partial charge in [-0.05, 0) is 19.1 Å². The molecule has 105 valence electrons. The van der Waals surface area contributed by atoms with Crippen molar-refractivity contribution in [3.8, 4) is 0 Å².